The number of aliphatic hydroxyl groups is 1. The maximum Gasteiger partial charge on any atom is 0.0992 e. The molecule has 1 saturated heterocycles. The fourth-order valence-electron chi connectivity index (χ4n) is 3.09. The second-order valence-electron chi connectivity index (χ2n) is 5.84. The molecule has 4 nitrogen and oxygen atoms in total. The average molecular weight is 287 g/mol. The molecule has 0 unspecified atom stereocenters. The fourth-order valence-corrected chi connectivity index (χ4v) is 3.09. The van der Waals surface area contributed by atoms with Crippen LogP contribution < -0.4 is 4.90 Å². The summed E-state index contributed by atoms with van der Waals surface area (Å²) in [7, 11) is 2.08. The Morgan fingerprint density at radius 2 is 2.10 bits per heavy atom. The van der Waals surface area contributed by atoms with Gasteiger partial charge in [-0.05, 0) is 38.4 Å². The number of benzene rings is 1. The summed E-state index contributed by atoms with van der Waals surface area (Å²) in [5.41, 5.74) is 2.53. The van der Waals surface area contributed by atoms with Crippen LogP contribution in [0.4, 0.5) is 5.69 Å². The summed E-state index contributed by atoms with van der Waals surface area (Å²) < 4.78 is 0. The topological polar surface area (TPSA) is 50.5 Å². The predicted octanol–water partition coefficient (Wildman–Crippen LogP) is 2.53. The molecule has 0 bridgehead atoms. The van der Waals surface area contributed by atoms with E-state index in [0.29, 0.717) is 11.6 Å². The van der Waals surface area contributed by atoms with Gasteiger partial charge in [0.05, 0.1) is 17.7 Å². The highest BCUT2D eigenvalue weighted by molar-refractivity contribution is 5.58. The Labute approximate surface area is 127 Å². The van der Waals surface area contributed by atoms with E-state index in [9.17, 15) is 5.11 Å². The third kappa shape index (κ3) is 3.55. The molecule has 1 aromatic rings. The number of likely N-dealkylation sites (tertiary alicyclic amines) is 1. The van der Waals surface area contributed by atoms with Crippen LogP contribution in [0, 0.1) is 11.3 Å². The van der Waals surface area contributed by atoms with Crippen molar-refractivity contribution in [2.45, 2.75) is 38.8 Å². The van der Waals surface area contributed by atoms with Gasteiger partial charge in [-0.1, -0.05) is 13.0 Å². The maximum atomic E-state index is 9.98. The minimum atomic E-state index is -0.522. The van der Waals surface area contributed by atoms with E-state index in [4.69, 9.17) is 5.26 Å². The normalized spacial score (nSPS) is 18.2. The molecule has 0 aliphatic carbocycles. The Hall–Kier alpha value is -1.57. The number of anilines is 1. The average Bonchev–Trinajstić information content (AvgIpc) is 2.53. The number of rotatable bonds is 4. The number of hydrogen-bond acceptors (Lipinski definition) is 4. The van der Waals surface area contributed by atoms with E-state index in [-0.39, 0.29) is 0 Å². The summed E-state index contributed by atoms with van der Waals surface area (Å²) in [6, 6.07) is 8.21. The van der Waals surface area contributed by atoms with Gasteiger partial charge in [-0.25, -0.2) is 0 Å². The Morgan fingerprint density at radius 3 is 2.62 bits per heavy atom. The minimum absolute atomic E-state index is 0.472. The Morgan fingerprint density at radius 1 is 1.43 bits per heavy atom. The van der Waals surface area contributed by atoms with E-state index < -0.39 is 6.10 Å². The van der Waals surface area contributed by atoms with E-state index in [1.54, 1.807) is 13.0 Å². The van der Waals surface area contributed by atoms with Crippen molar-refractivity contribution in [1.29, 1.82) is 5.26 Å². The summed E-state index contributed by atoms with van der Waals surface area (Å²) in [5.74, 6) is 0. The smallest absolute Gasteiger partial charge is 0.0992 e. The van der Waals surface area contributed by atoms with Crippen molar-refractivity contribution in [3.63, 3.8) is 0 Å². The lowest BCUT2D eigenvalue weighted by molar-refractivity contribution is 0.198. The van der Waals surface area contributed by atoms with Gasteiger partial charge in [-0.15, -0.1) is 0 Å². The highest BCUT2D eigenvalue weighted by atomic mass is 16.3. The predicted molar refractivity (Wildman–Crippen MR) is 85.3 cm³/mol. The van der Waals surface area contributed by atoms with Gasteiger partial charge in [0, 0.05) is 37.4 Å². The standard InChI is InChI=1S/C17H25N3O/c1-4-20-9-7-15(8-10-20)19(3)17-11-14(12-18)5-6-16(17)13(2)21/h5-6,11,13,15,21H,4,7-10H2,1-3H3/t13-/m1/s1. The Bertz CT molecular complexity index is 513. The van der Waals surface area contributed by atoms with E-state index >= 15 is 0 Å². The summed E-state index contributed by atoms with van der Waals surface area (Å²) in [5, 5.41) is 19.1. The van der Waals surface area contributed by atoms with Gasteiger partial charge >= 0.3 is 0 Å². The fraction of sp³-hybridized carbons (Fsp3) is 0.588. The van der Waals surface area contributed by atoms with E-state index in [1.165, 1.54) is 0 Å². The van der Waals surface area contributed by atoms with Crippen molar-refractivity contribution in [3.8, 4) is 6.07 Å². The second kappa shape index (κ2) is 6.93. The zero-order valence-electron chi connectivity index (χ0n) is 13.2. The molecule has 1 aromatic carbocycles. The molecule has 4 heteroatoms. The van der Waals surface area contributed by atoms with Gasteiger partial charge in [0.2, 0.25) is 0 Å². The lowest BCUT2D eigenvalue weighted by atomic mass is 9.99. The van der Waals surface area contributed by atoms with E-state index in [0.717, 1.165) is 43.7 Å². The third-order valence-electron chi connectivity index (χ3n) is 4.54. The molecule has 0 radical (unpaired) electrons. The number of aliphatic hydroxyl groups excluding tert-OH is 1. The number of nitriles is 1. The molecule has 21 heavy (non-hydrogen) atoms. The molecule has 0 amide bonds. The van der Waals surface area contributed by atoms with Crippen LogP contribution in [0.3, 0.4) is 0 Å². The number of hydrogen-bond donors (Lipinski definition) is 1. The van der Waals surface area contributed by atoms with Crippen molar-refractivity contribution in [2.24, 2.45) is 0 Å². The van der Waals surface area contributed by atoms with Crippen molar-refractivity contribution < 1.29 is 5.11 Å². The SMILES string of the molecule is CCN1CCC(N(C)c2cc(C#N)ccc2[C@@H](C)O)CC1. The quantitative estimate of drug-likeness (QED) is 0.924. The summed E-state index contributed by atoms with van der Waals surface area (Å²) in [6.45, 7) is 7.32. The van der Waals surface area contributed by atoms with Gasteiger partial charge < -0.3 is 14.9 Å². The maximum absolute atomic E-state index is 9.98. The first-order chi connectivity index (χ1) is 10.1. The molecule has 1 fully saturated rings. The monoisotopic (exact) mass is 287 g/mol. The van der Waals surface area contributed by atoms with Crippen LogP contribution in [0.5, 0.6) is 0 Å². The summed E-state index contributed by atoms with van der Waals surface area (Å²) in [6.07, 6.45) is 1.73. The molecule has 0 saturated carbocycles. The highest BCUT2D eigenvalue weighted by Gasteiger charge is 2.24. The zero-order valence-corrected chi connectivity index (χ0v) is 13.2. The van der Waals surface area contributed by atoms with Crippen molar-refractivity contribution in [2.75, 3.05) is 31.6 Å². The van der Waals surface area contributed by atoms with Crippen LogP contribution >= 0.6 is 0 Å². The van der Waals surface area contributed by atoms with Gasteiger partial charge in [-0.3, -0.25) is 0 Å². The minimum Gasteiger partial charge on any atom is -0.389 e. The molecule has 0 aromatic heterocycles. The van der Waals surface area contributed by atoms with Crippen LogP contribution in [0.1, 0.15) is 43.9 Å². The lowest BCUT2D eigenvalue weighted by Gasteiger charge is -2.38. The molecule has 1 heterocycles. The summed E-state index contributed by atoms with van der Waals surface area (Å²) >= 11 is 0. The first-order valence-electron chi connectivity index (χ1n) is 7.74. The third-order valence-corrected chi connectivity index (χ3v) is 4.54. The molecule has 2 rings (SSSR count). The van der Waals surface area contributed by atoms with E-state index in [2.05, 4.69) is 29.8 Å². The van der Waals surface area contributed by atoms with E-state index in [1.807, 2.05) is 12.1 Å². The zero-order chi connectivity index (χ0) is 15.4. The Kier molecular flexibility index (Phi) is 5.22. The Balaban J connectivity index is 2.22. The van der Waals surface area contributed by atoms with Crippen LogP contribution in [0.15, 0.2) is 18.2 Å². The number of piperidine rings is 1. The lowest BCUT2D eigenvalue weighted by Crippen LogP contribution is -2.43. The number of nitrogens with zero attached hydrogens (tertiary/aromatic N) is 3. The largest absolute Gasteiger partial charge is 0.389 e. The molecule has 1 atom stereocenters. The van der Waals surface area contributed by atoms with Crippen molar-refractivity contribution in [1.82, 2.24) is 4.90 Å². The molecular formula is C17H25N3O. The molecule has 1 aliphatic rings. The molecule has 114 valence electrons. The summed E-state index contributed by atoms with van der Waals surface area (Å²) in [4.78, 5) is 4.71. The van der Waals surface area contributed by atoms with Gasteiger partial charge in [0.25, 0.3) is 0 Å². The van der Waals surface area contributed by atoms with Gasteiger partial charge in [0.15, 0.2) is 0 Å². The highest BCUT2D eigenvalue weighted by Crippen LogP contribution is 2.30. The molecular weight excluding hydrogens is 262 g/mol. The van der Waals surface area contributed by atoms with Crippen LogP contribution in [0.2, 0.25) is 0 Å². The van der Waals surface area contributed by atoms with Crippen LogP contribution in [-0.4, -0.2) is 42.7 Å². The van der Waals surface area contributed by atoms with Crippen LogP contribution in [0.25, 0.3) is 0 Å². The van der Waals surface area contributed by atoms with Crippen molar-refractivity contribution in [3.05, 3.63) is 29.3 Å². The van der Waals surface area contributed by atoms with Gasteiger partial charge in [-0.2, -0.15) is 5.26 Å². The van der Waals surface area contributed by atoms with Crippen molar-refractivity contribution >= 4 is 5.69 Å². The second-order valence-corrected chi connectivity index (χ2v) is 5.84. The van der Waals surface area contributed by atoms with Crippen LogP contribution in [-0.2, 0) is 0 Å². The van der Waals surface area contributed by atoms with Gasteiger partial charge in [0.1, 0.15) is 0 Å². The first-order valence-corrected chi connectivity index (χ1v) is 7.74. The molecule has 1 aliphatic heterocycles. The molecule has 0 spiro atoms. The molecule has 1 N–H and O–H groups in total. The first kappa shape index (κ1) is 15.8.